The maximum atomic E-state index is 12.0. The summed E-state index contributed by atoms with van der Waals surface area (Å²) in [5, 5.41) is 0. The van der Waals surface area contributed by atoms with Crippen LogP contribution in [0.2, 0.25) is 25.7 Å². The molecule has 1 aliphatic rings. The lowest BCUT2D eigenvalue weighted by Gasteiger charge is -2.27. The van der Waals surface area contributed by atoms with E-state index >= 15 is 0 Å². The lowest BCUT2D eigenvalue weighted by molar-refractivity contribution is -0.124. The molecule has 96 valence electrons. The quantitative estimate of drug-likeness (QED) is 0.553. The van der Waals surface area contributed by atoms with Crippen LogP contribution in [-0.2, 0) is 9.53 Å². The van der Waals surface area contributed by atoms with E-state index in [1.807, 2.05) is 32.1 Å². The van der Waals surface area contributed by atoms with Gasteiger partial charge in [0.15, 0.2) is 5.78 Å². The molecule has 0 fully saturated rings. The molecule has 0 heterocycles. The Balaban J connectivity index is 2.44. The zero-order valence-electron chi connectivity index (χ0n) is 11.7. The normalized spacial score (nSPS) is 25.0. The van der Waals surface area contributed by atoms with Gasteiger partial charge in [-0.05, 0) is 25.5 Å². The van der Waals surface area contributed by atoms with Crippen LogP contribution in [0.5, 0.6) is 0 Å². The van der Waals surface area contributed by atoms with Crippen LogP contribution >= 0.6 is 0 Å². The summed E-state index contributed by atoms with van der Waals surface area (Å²) in [6.45, 7) is 12.1. The van der Waals surface area contributed by atoms with Crippen molar-refractivity contribution in [2.75, 3.05) is 13.2 Å². The summed E-state index contributed by atoms with van der Waals surface area (Å²) in [6, 6.07) is 1.15. The van der Waals surface area contributed by atoms with Gasteiger partial charge in [-0.25, -0.2) is 0 Å². The zero-order valence-corrected chi connectivity index (χ0v) is 12.7. The lowest BCUT2D eigenvalue weighted by atomic mass is 9.80. The number of carbonyl (C=O) groups excluding carboxylic acids is 1. The first kappa shape index (κ1) is 14.4. The smallest absolute Gasteiger partial charge is 0.170 e. The summed E-state index contributed by atoms with van der Waals surface area (Å²) in [5.74, 6) is 0.188. The molecule has 3 heteroatoms. The van der Waals surface area contributed by atoms with Gasteiger partial charge in [0.05, 0.1) is 12.0 Å². The van der Waals surface area contributed by atoms with Crippen molar-refractivity contribution in [1.82, 2.24) is 0 Å². The van der Waals surface area contributed by atoms with Crippen molar-refractivity contribution in [3.63, 3.8) is 0 Å². The van der Waals surface area contributed by atoms with Gasteiger partial charge >= 0.3 is 0 Å². The van der Waals surface area contributed by atoms with E-state index in [9.17, 15) is 4.79 Å². The fourth-order valence-electron chi connectivity index (χ4n) is 1.78. The summed E-state index contributed by atoms with van der Waals surface area (Å²) in [6.07, 6.45) is 5.78. The number of hydrogen-bond donors (Lipinski definition) is 0. The van der Waals surface area contributed by atoms with E-state index < -0.39 is 13.5 Å². The highest BCUT2D eigenvalue weighted by molar-refractivity contribution is 6.76. The molecule has 0 amide bonds. The maximum Gasteiger partial charge on any atom is 0.170 e. The molecule has 0 aromatic rings. The summed E-state index contributed by atoms with van der Waals surface area (Å²) >= 11 is 0. The molecular formula is C14H24O2Si. The van der Waals surface area contributed by atoms with Crippen LogP contribution in [-0.4, -0.2) is 27.1 Å². The van der Waals surface area contributed by atoms with Crippen molar-refractivity contribution in [2.45, 2.75) is 39.5 Å². The number of allylic oxidation sites excluding steroid dienone is 3. The van der Waals surface area contributed by atoms with E-state index in [4.69, 9.17) is 4.74 Å². The van der Waals surface area contributed by atoms with Crippen LogP contribution in [0.25, 0.3) is 0 Å². The molecule has 1 unspecified atom stereocenters. The molecule has 0 saturated heterocycles. The summed E-state index contributed by atoms with van der Waals surface area (Å²) in [5.41, 5.74) is 0.363. The molecule has 1 aliphatic carbocycles. The molecule has 0 aromatic carbocycles. The number of Topliss-reactive ketones (excluding diaryl/α,β-unsaturated/α-hetero) is 1. The minimum absolute atomic E-state index is 0.188. The minimum Gasteiger partial charge on any atom is -0.380 e. The first-order chi connectivity index (χ1) is 7.75. The molecular weight excluding hydrogens is 228 g/mol. The van der Waals surface area contributed by atoms with Crippen LogP contribution < -0.4 is 0 Å². The third-order valence-electron chi connectivity index (χ3n) is 3.09. The molecule has 0 saturated carbocycles. The first-order valence-electron chi connectivity index (χ1n) is 6.23. The number of carbonyl (C=O) groups is 1. The van der Waals surface area contributed by atoms with Crippen LogP contribution in [0, 0.1) is 5.41 Å². The molecule has 0 spiro atoms. The molecule has 1 rings (SSSR count). The van der Waals surface area contributed by atoms with Gasteiger partial charge in [-0.2, -0.15) is 0 Å². The average molecular weight is 252 g/mol. The lowest BCUT2D eigenvalue weighted by Crippen LogP contribution is -2.34. The number of ether oxygens (including phenoxy) is 1. The number of rotatable bonds is 5. The topological polar surface area (TPSA) is 26.3 Å². The van der Waals surface area contributed by atoms with Crippen molar-refractivity contribution >= 4 is 13.9 Å². The van der Waals surface area contributed by atoms with Gasteiger partial charge in [0.25, 0.3) is 0 Å². The summed E-state index contributed by atoms with van der Waals surface area (Å²) in [4.78, 5) is 12.0. The van der Waals surface area contributed by atoms with Gasteiger partial charge in [0.2, 0.25) is 0 Å². The summed E-state index contributed by atoms with van der Waals surface area (Å²) in [7, 11) is -1.04. The zero-order chi connectivity index (χ0) is 13.1. The Hall–Kier alpha value is -0.673. The molecule has 0 aromatic heterocycles. The van der Waals surface area contributed by atoms with Crippen LogP contribution in [0.1, 0.15) is 13.8 Å². The van der Waals surface area contributed by atoms with Gasteiger partial charge in [0, 0.05) is 14.7 Å². The van der Waals surface area contributed by atoms with Gasteiger partial charge in [-0.15, -0.1) is 0 Å². The Morgan fingerprint density at radius 3 is 2.59 bits per heavy atom. The highest BCUT2D eigenvalue weighted by Crippen LogP contribution is 2.28. The van der Waals surface area contributed by atoms with Gasteiger partial charge in [-0.1, -0.05) is 37.9 Å². The fraction of sp³-hybridized carbons (Fsp3) is 0.643. The molecule has 0 N–H and O–H groups in total. The van der Waals surface area contributed by atoms with E-state index in [1.54, 1.807) is 0 Å². The molecule has 0 bridgehead atoms. The van der Waals surface area contributed by atoms with Gasteiger partial charge in [0.1, 0.15) is 0 Å². The predicted molar refractivity (Wildman–Crippen MR) is 75.0 cm³/mol. The van der Waals surface area contributed by atoms with Crippen LogP contribution in [0.15, 0.2) is 23.8 Å². The van der Waals surface area contributed by atoms with Crippen molar-refractivity contribution in [2.24, 2.45) is 5.41 Å². The highest BCUT2D eigenvalue weighted by atomic mass is 28.3. The third-order valence-corrected chi connectivity index (χ3v) is 4.79. The van der Waals surface area contributed by atoms with E-state index in [-0.39, 0.29) is 5.78 Å². The van der Waals surface area contributed by atoms with Crippen molar-refractivity contribution in [3.8, 4) is 0 Å². The third kappa shape index (κ3) is 4.24. The molecule has 0 aliphatic heterocycles. The Bertz CT molecular complexity index is 350. The molecule has 1 atom stereocenters. The molecule has 2 nitrogen and oxygen atoms in total. The minimum atomic E-state index is -1.04. The summed E-state index contributed by atoms with van der Waals surface area (Å²) < 4.78 is 5.71. The fourth-order valence-corrected chi connectivity index (χ4v) is 2.54. The Morgan fingerprint density at radius 1 is 1.35 bits per heavy atom. The highest BCUT2D eigenvalue weighted by Gasteiger charge is 2.33. The predicted octanol–water partition coefficient (Wildman–Crippen LogP) is 3.43. The van der Waals surface area contributed by atoms with Gasteiger partial charge in [-0.3, -0.25) is 4.79 Å². The second kappa shape index (κ2) is 5.32. The van der Waals surface area contributed by atoms with E-state index in [0.717, 1.165) is 18.2 Å². The first-order valence-corrected chi connectivity index (χ1v) is 9.94. The van der Waals surface area contributed by atoms with E-state index in [2.05, 4.69) is 19.6 Å². The molecule has 17 heavy (non-hydrogen) atoms. The number of ketones is 1. The van der Waals surface area contributed by atoms with Crippen molar-refractivity contribution in [1.29, 1.82) is 0 Å². The Morgan fingerprint density at radius 2 is 2.00 bits per heavy atom. The van der Waals surface area contributed by atoms with E-state index in [0.29, 0.717) is 6.61 Å². The monoisotopic (exact) mass is 252 g/mol. The largest absolute Gasteiger partial charge is 0.380 e. The average Bonchev–Trinajstić information content (AvgIpc) is 2.20. The van der Waals surface area contributed by atoms with Crippen LogP contribution in [0.4, 0.5) is 0 Å². The Kier molecular flexibility index (Phi) is 4.50. The van der Waals surface area contributed by atoms with E-state index in [1.165, 1.54) is 0 Å². The maximum absolute atomic E-state index is 12.0. The second-order valence-electron chi connectivity index (χ2n) is 6.32. The van der Waals surface area contributed by atoms with Gasteiger partial charge < -0.3 is 4.74 Å². The number of hydrogen-bond acceptors (Lipinski definition) is 2. The van der Waals surface area contributed by atoms with Crippen LogP contribution in [0.3, 0.4) is 0 Å². The van der Waals surface area contributed by atoms with Crippen molar-refractivity contribution < 1.29 is 9.53 Å². The molecule has 0 radical (unpaired) electrons. The SMILES string of the molecule is CC1=CC=CC(C)(COCC[Si](C)(C)C)C1=O. The Labute approximate surface area is 106 Å². The van der Waals surface area contributed by atoms with Crippen molar-refractivity contribution in [3.05, 3.63) is 23.8 Å². The second-order valence-corrected chi connectivity index (χ2v) is 11.9. The standard InChI is InChI=1S/C14H24O2Si/c1-12-7-6-8-14(2,13(12)15)11-16-9-10-17(3,4)5/h6-8H,9-11H2,1-5H3.